The molecule has 0 saturated carbocycles. The first-order chi connectivity index (χ1) is 15.7. The molecule has 2 aromatic carbocycles. The SMILES string of the molecule is O=C(Cn1cnc2ccc(F)cc2c1=O)N1CCN(S(=O)(=O)c2cccc([N+](=O)[O-])c2)CC1. The maximum atomic E-state index is 13.5. The average molecular weight is 475 g/mol. The summed E-state index contributed by atoms with van der Waals surface area (Å²) in [6, 6.07) is 8.39. The van der Waals surface area contributed by atoms with Crippen LogP contribution in [0.15, 0.2) is 58.5 Å². The molecule has 0 radical (unpaired) electrons. The van der Waals surface area contributed by atoms with Crippen molar-refractivity contribution in [2.24, 2.45) is 0 Å². The summed E-state index contributed by atoms with van der Waals surface area (Å²) >= 11 is 0. The summed E-state index contributed by atoms with van der Waals surface area (Å²) < 4.78 is 41.4. The Morgan fingerprint density at radius 2 is 1.85 bits per heavy atom. The fourth-order valence-corrected chi connectivity index (χ4v) is 5.04. The zero-order valence-corrected chi connectivity index (χ0v) is 17.9. The molecule has 2 heterocycles. The van der Waals surface area contributed by atoms with Crippen LogP contribution in [0, 0.1) is 15.9 Å². The number of fused-ring (bicyclic) bond motifs is 1. The Bertz CT molecular complexity index is 1420. The van der Waals surface area contributed by atoms with Crippen LogP contribution in [0.1, 0.15) is 0 Å². The Hall–Kier alpha value is -3.71. The number of sulfonamides is 1. The lowest BCUT2D eigenvalue weighted by Gasteiger charge is -2.34. The van der Waals surface area contributed by atoms with Crippen LogP contribution in [0.3, 0.4) is 0 Å². The molecule has 0 atom stereocenters. The standard InChI is InChI=1S/C20H18FN5O6S/c21-14-4-5-18-17(10-14)20(28)24(13-22-18)12-19(27)23-6-8-25(9-7-23)33(31,32)16-3-1-2-15(11-16)26(29)30/h1-5,10-11,13H,6-9,12H2. The molecule has 0 aliphatic carbocycles. The third-order valence-electron chi connectivity index (χ3n) is 5.35. The molecule has 0 bridgehead atoms. The molecule has 172 valence electrons. The lowest BCUT2D eigenvalue weighted by atomic mass is 10.2. The number of piperazine rings is 1. The van der Waals surface area contributed by atoms with Gasteiger partial charge in [-0.15, -0.1) is 0 Å². The van der Waals surface area contributed by atoms with Gasteiger partial charge in [0.1, 0.15) is 12.4 Å². The van der Waals surface area contributed by atoms with E-state index in [-0.39, 0.29) is 48.7 Å². The lowest BCUT2D eigenvalue weighted by Crippen LogP contribution is -2.51. The first-order valence-corrected chi connectivity index (χ1v) is 11.3. The lowest BCUT2D eigenvalue weighted by molar-refractivity contribution is -0.385. The molecule has 3 aromatic rings. The van der Waals surface area contributed by atoms with E-state index in [2.05, 4.69) is 4.98 Å². The van der Waals surface area contributed by atoms with E-state index in [0.717, 1.165) is 21.0 Å². The molecule has 0 N–H and O–H groups in total. The predicted molar refractivity (Wildman–Crippen MR) is 114 cm³/mol. The van der Waals surface area contributed by atoms with Crippen molar-refractivity contribution in [2.75, 3.05) is 26.2 Å². The van der Waals surface area contributed by atoms with Crippen molar-refractivity contribution >= 4 is 32.5 Å². The summed E-state index contributed by atoms with van der Waals surface area (Å²) in [4.78, 5) is 40.8. The number of nitro benzene ring substituents is 1. The van der Waals surface area contributed by atoms with Crippen LogP contribution in [0.5, 0.6) is 0 Å². The third-order valence-corrected chi connectivity index (χ3v) is 7.24. The van der Waals surface area contributed by atoms with E-state index >= 15 is 0 Å². The van der Waals surface area contributed by atoms with Crippen LogP contribution in [-0.2, 0) is 21.4 Å². The number of non-ortho nitro benzene ring substituents is 1. The van der Waals surface area contributed by atoms with Gasteiger partial charge in [-0.2, -0.15) is 4.31 Å². The van der Waals surface area contributed by atoms with Crippen molar-refractivity contribution < 1.29 is 22.5 Å². The van der Waals surface area contributed by atoms with E-state index in [4.69, 9.17) is 0 Å². The van der Waals surface area contributed by atoms with Crippen LogP contribution in [0.2, 0.25) is 0 Å². The van der Waals surface area contributed by atoms with Crippen LogP contribution in [0.4, 0.5) is 10.1 Å². The number of aromatic nitrogens is 2. The molecule has 11 nitrogen and oxygen atoms in total. The molecule has 33 heavy (non-hydrogen) atoms. The molecule has 4 rings (SSSR count). The van der Waals surface area contributed by atoms with Gasteiger partial charge >= 0.3 is 0 Å². The first kappa shape index (κ1) is 22.5. The minimum absolute atomic E-state index is 0.00710. The van der Waals surface area contributed by atoms with E-state index in [1.54, 1.807) is 0 Å². The highest BCUT2D eigenvalue weighted by Gasteiger charge is 2.31. The van der Waals surface area contributed by atoms with Gasteiger partial charge in [-0.3, -0.25) is 24.3 Å². The second kappa shape index (κ2) is 8.67. The number of rotatable bonds is 5. The summed E-state index contributed by atoms with van der Waals surface area (Å²) in [6.07, 6.45) is 1.21. The van der Waals surface area contributed by atoms with Gasteiger partial charge in [0.2, 0.25) is 15.9 Å². The minimum Gasteiger partial charge on any atom is -0.338 e. The van der Waals surface area contributed by atoms with E-state index < -0.39 is 32.2 Å². The number of nitro groups is 1. The van der Waals surface area contributed by atoms with Crippen LogP contribution < -0.4 is 5.56 Å². The number of carbonyl (C=O) groups excluding carboxylic acids is 1. The Kier molecular flexibility index (Phi) is 5.91. The summed E-state index contributed by atoms with van der Waals surface area (Å²) in [7, 11) is -3.97. The number of hydrogen-bond acceptors (Lipinski definition) is 7. The molecule has 1 aromatic heterocycles. The second-order valence-electron chi connectivity index (χ2n) is 7.38. The monoisotopic (exact) mass is 475 g/mol. The maximum Gasteiger partial charge on any atom is 0.270 e. The van der Waals surface area contributed by atoms with E-state index in [1.165, 1.54) is 41.6 Å². The number of amides is 1. The van der Waals surface area contributed by atoms with Gasteiger partial charge in [-0.25, -0.2) is 17.8 Å². The molecule has 1 aliphatic rings. The molecule has 1 saturated heterocycles. The average Bonchev–Trinajstić information content (AvgIpc) is 2.81. The first-order valence-electron chi connectivity index (χ1n) is 9.84. The smallest absolute Gasteiger partial charge is 0.270 e. The van der Waals surface area contributed by atoms with E-state index in [9.17, 15) is 32.5 Å². The van der Waals surface area contributed by atoms with Crippen LogP contribution >= 0.6 is 0 Å². The van der Waals surface area contributed by atoms with Crippen molar-refractivity contribution in [1.29, 1.82) is 0 Å². The highest BCUT2D eigenvalue weighted by molar-refractivity contribution is 7.89. The molecular weight excluding hydrogens is 457 g/mol. The third kappa shape index (κ3) is 4.45. The van der Waals surface area contributed by atoms with Crippen molar-refractivity contribution in [1.82, 2.24) is 18.8 Å². The fraction of sp³-hybridized carbons (Fsp3) is 0.250. The summed E-state index contributed by atoms with van der Waals surface area (Å²) in [5.74, 6) is -1.01. The molecule has 1 fully saturated rings. The van der Waals surface area contributed by atoms with Gasteiger partial charge in [-0.05, 0) is 24.3 Å². The Morgan fingerprint density at radius 3 is 2.55 bits per heavy atom. The predicted octanol–water partition coefficient (Wildman–Crippen LogP) is 0.977. The molecule has 1 amide bonds. The quantitative estimate of drug-likeness (QED) is 0.396. The van der Waals surface area contributed by atoms with Gasteiger partial charge in [-0.1, -0.05) is 6.07 Å². The van der Waals surface area contributed by atoms with Gasteiger partial charge in [0.05, 0.1) is 27.0 Å². The summed E-state index contributed by atoms with van der Waals surface area (Å²) in [5.41, 5.74) is -0.580. The number of benzene rings is 2. The number of hydrogen-bond donors (Lipinski definition) is 0. The maximum absolute atomic E-state index is 13.5. The topological polar surface area (TPSA) is 136 Å². The fourth-order valence-electron chi connectivity index (χ4n) is 3.57. The Labute approximate surface area is 186 Å². The van der Waals surface area contributed by atoms with Crippen molar-refractivity contribution in [3.8, 4) is 0 Å². The zero-order chi connectivity index (χ0) is 23.8. The normalized spacial score (nSPS) is 15.0. The molecule has 0 spiro atoms. The van der Waals surface area contributed by atoms with Crippen molar-refractivity contribution in [3.63, 3.8) is 0 Å². The summed E-state index contributed by atoms with van der Waals surface area (Å²) in [5, 5.41) is 11.0. The highest BCUT2D eigenvalue weighted by atomic mass is 32.2. The van der Waals surface area contributed by atoms with Gasteiger partial charge in [0.25, 0.3) is 11.2 Å². The van der Waals surface area contributed by atoms with Crippen LogP contribution in [0.25, 0.3) is 10.9 Å². The molecular formula is C20H18FN5O6S. The number of halogens is 1. The van der Waals surface area contributed by atoms with Crippen molar-refractivity contribution in [2.45, 2.75) is 11.4 Å². The van der Waals surface area contributed by atoms with E-state index in [0.29, 0.717) is 5.52 Å². The van der Waals surface area contributed by atoms with Gasteiger partial charge in [0, 0.05) is 38.3 Å². The Balaban J connectivity index is 1.45. The van der Waals surface area contributed by atoms with Gasteiger partial charge in [0.15, 0.2) is 0 Å². The molecule has 1 aliphatic heterocycles. The summed E-state index contributed by atoms with van der Waals surface area (Å²) in [6.45, 7) is -0.176. The zero-order valence-electron chi connectivity index (χ0n) is 17.1. The molecule has 13 heteroatoms. The van der Waals surface area contributed by atoms with Crippen LogP contribution in [-0.4, -0.2) is 64.2 Å². The number of carbonyl (C=O) groups is 1. The minimum atomic E-state index is -3.97. The number of nitrogens with zero attached hydrogens (tertiary/aromatic N) is 5. The Morgan fingerprint density at radius 1 is 1.12 bits per heavy atom. The second-order valence-corrected chi connectivity index (χ2v) is 9.32. The van der Waals surface area contributed by atoms with E-state index in [1.807, 2.05) is 0 Å². The highest BCUT2D eigenvalue weighted by Crippen LogP contribution is 2.22. The van der Waals surface area contributed by atoms with Crippen molar-refractivity contribution in [3.05, 3.63) is 75.1 Å². The molecule has 0 unspecified atom stereocenters. The van der Waals surface area contributed by atoms with Gasteiger partial charge < -0.3 is 4.90 Å². The largest absolute Gasteiger partial charge is 0.338 e.